The number of benzene rings is 1. The van der Waals surface area contributed by atoms with Gasteiger partial charge in [-0.2, -0.15) is 4.98 Å². The number of fused-ring (bicyclic) bond motifs is 1. The summed E-state index contributed by atoms with van der Waals surface area (Å²) in [5, 5.41) is 16.3. The number of aliphatic hydroxyl groups is 1. The summed E-state index contributed by atoms with van der Waals surface area (Å²) < 4.78 is 5.36. The number of piperidine rings is 1. The van der Waals surface area contributed by atoms with Gasteiger partial charge >= 0.3 is 0 Å². The lowest BCUT2D eigenvalue weighted by atomic mass is 9.93. The third kappa shape index (κ3) is 4.90. The third-order valence-electron chi connectivity index (χ3n) is 7.23. The average molecular weight is 452 g/mol. The van der Waals surface area contributed by atoms with Gasteiger partial charge in [0, 0.05) is 31.9 Å². The lowest BCUT2D eigenvalue weighted by molar-refractivity contribution is 0.0867. The molecule has 2 aliphatic carbocycles. The van der Waals surface area contributed by atoms with Gasteiger partial charge in [0.15, 0.2) is 0 Å². The fraction of sp³-hybridized carbons (Fsp3) is 0.560. The van der Waals surface area contributed by atoms with Crippen molar-refractivity contribution in [2.75, 3.05) is 30.4 Å². The molecule has 0 radical (unpaired) electrons. The van der Waals surface area contributed by atoms with Crippen LogP contribution in [-0.4, -0.2) is 53.3 Å². The number of nitrogens with one attached hydrogen (secondary N) is 2. The molecule has 1 amide bonds. The minimum atomic E-state index is -0.252. The number of aliphatic hydroxyl groups excluding tert-OH is 1. The number of amides is 1. The van der Waals surface area contributed by atoms with E-state index in [0.29, 0.717) is 23.9 Å². The van der Waals surface area contributed by atoms with E-state index in [1.165, 1.54) is 6.42 Å². The summed E-state index contributed by atoms with van der Waals surface area (Å²) in [6, 6.07) is 6.12. The molecular formula is C25H33N5O3. The number of methoxy groups -OCH3 is 1. The standard InChI is InChI=1S/C25H33N5O3/c1-15-9-16(3-8-22(15)33-2)11-26-23-21(24(32)28-19-4-6-20(31)7-5-19)12-27-25(29-23)30-13-17-10-18(17)14-30/h3,8-9,12,17-20,31H,4-7,10-11,13-14H2,1-2H3,(H,28,32)(H,26,27,29)/t17-,18-,19?,20?/m0/s1. The SMILES string of the molecule is COc1ccc(CNc2nc(N3C[C@@H]4C[C@H]4C3)ncc2C(=O)NC2CCC(O)CC2)cc1C. The molecule has 8 heteroatoms. The van der Waals surface area contributed by atoms with Gasteiger partial charge in [-0.15, -0.1) is 0 Å². The summed E-state index contributed by atoms with van der Waals surface area (Å²) in [6.45, 7) is 4.56. The highest BCUT2D eigenvalue weighted by Gasteiger charge is 2.46. The van der Waals surface area contributed by atoms with Gasteiger partial charge in [0.2, 0.25) is 5.95 Å². The number of carbonyl (C=O) groups excluding carboxylic acids is 1. The highest BCUT2D eigenvalue weighted by molar-refractivity contribution is 5.98. The molecule has 33 heavy (non-hydrogen) atoms. The molecule has 176 valence electrons. The summed E-state index contributed by atoms with van der Waals surface area (Å²) in [7, 11) is 1.67. The van der Waals surface area contributed by atoms with Crippen LogP contribution in [0.3, 0.4) is 0 Å². The van der Waals surface area contributed by atoms with Crippen LogP contribution >= 0.6 is 0 Å². The van der Waals surface area contributed by atoms with Crippen LogP contribution in [0.4, 0.5) is 11.8 Å². The first kappa shape index (κ1) is 21.9. The Morgan fingerprint density at radius 3 is 2.67 bits per heavy atom. The van der Waals surface area contributed by atoms with Gasteiger partial charge in [-0.05, 0) is 68.1 Å². The second-order valence-corrected chi connectivity index (χ2v) is 9.73. The summed E-state index contributed by atoms with van der Waals surface area (Å²) in [6.07, 6.45) is 5.74. The number of nitrogens with zero attached hydrogens (tertiary/aromatic N) is 3. The molecule has 2 aromatic rings. The first-order valence-electron chi connectivity index (χ1n) is 12.0. The average Bonchev–Trinajstić information content (AvgIpc) is 3.43. The van der Waals surface area contributed by atoms with Crippen molar-refractivity contribution < 1.29 is 14.6 Å². The Morgan fingerprint density at radius 2 is 1.97 bits per heavy atom. The maximum atomic E-state index is 13.1. The van der Waals surface area contributed by atoms with Gasteiger partial charge in [-0.1, -0.05) is 12.1 Å². The van der Waals surface area contributed by atoms with Crippen molar-refractivity contribution in [1.82, 2.24) is 15.3 Å². The summed E-state index contributed by atoms with van der Waals surface area (Å²) in [5.41, 5.74) is 2.61. The Balaban J connectivity index is 1.34. The molecule has 5 rings (SSSR count). The quantitative estimate of drug-likeness (QED) is 0.595. The molecule has 2 atom stereocenters. The number of rotatable bonds is 7. The van der Waals surface area contributed by atoms with Crippen molar-refractivity contribution in [3.63, 3.8) is 0 Å². The molecule has 2 heterocycles. The number of hydrogen-bond acceptors (Lipinski definition) is 7. The van der Waals surface area contributed by atoms with E-state index in [-0.39, 0.29) is 18.1 Å². The number of anilines is 2. The molecular weight excluding hydrogens is 418 g/mol. The molecule has 8 nitrogen and oxygen atoms in total. The summed E-state index contributed by atoms with van der Waals surface area (Å²) >= 11 is 0. The van der Waals surface area contributed by atoms with Crippen LogP contribution in [0.5, 0.6) is 5.75 Å². The molecule has 0 spiro atoms. The van der Waals surface area contributed by atoms with Gasteiger partial charge in [0.25, 0.3) is 5.91 Å². The summed E-state index contributed by atoms with van der Waals surface area (Å²) in [5.74, 6) is 3.48. The maximum Gasteiger partial charge on any atom is 0.256 e. The molecule has 1 aromatic heterocycles. The third-order valence-corrected chi connectivity index (χ3v) is 7.23. The molecule has 0 unspecified atom stereocenters. The van der Waals surface area contributed by atoms with Crippen molar-refractivity contribution in [3.8, 4) is 5.75 Å². The normalized spacial score (nSPS) is 26.0. The van der Waals surface area contributed by atoms with E-state index < -0.39 is 0 Å². The lowest BCUT2D eigenvalue weighted by Crippen LogP contribution is -2.39. The van der Waals surface area contributed by atoms with Crippen molar-refractivity contribution in [2.45, 2.75) is 57.7 Å². The zero-order chi connectivity index (χ0) is 22.9. The zero-order valence-corrected chi connectivity index (χ0v) is 19.4. The van der Waals surface area contributed by atoms with Gasteiger partial charge in [0.1, 0.15) is 17.1 Å². The van der Waals surface area contributed by atoms with Gasteiger partial charge in [-0.25, -0.2) is 4.98 Å². The molecule has 1 saturated heterocycles. The Hall–Kier alpha value is -2.87. The molecule has 1 aromatic carbocycles. The Morgan fingerprint density at radius 1 is 1.21 bits per heavy atom. The van der Waals surface area contributed by atoms with E-state index in [1.807, 2.05) is 19.1 Å². The Labute approximate surface area is 194 Å². The van der Waals surface area contributed by atoms with Gasteiger partial charge in [0.05, 0.1) is 13.2 Å². The largest absolute Gasteiger partial charge is 0.496 e. The van der Waals surface area contributed by atoms with Gasteiger partial charge < -0.3 is 25.4 Å². The second-order valence-electron chi connectivity index (χ2n) is 9.73. The smallest absolute Gasteiger partial charge is 0.256 e. The predicted octanol–water partition coefficient (Wildman–Crippen LogP) is 2.90. The molecule has 3 aliphatic rings. The topological polar surface area (TPSA) is 99.6 Å². The van der Waals surface area contributed by atoms with Crippen LogP contribution in [-0.2, 0) is 6.54 Å². The second kappa shape index (κ2) is 9.17. The molecule has 0 bridgehead atoms. The van der Waals surface area contributed by atoms with E-state index in [0.717, 1.165) is 67.5 Å². The van der Waals surface area contributed by atoms with Crippen molar-refractivity contribution >= 4 is 17.7 Å². The zero-order valence-electron chi connectivity index (χ0n) is 19.4. The van der Waals surface area contributed by atoms with Crippen LogP contribution in [0.2, 0.25) is 0 Å². The van der Waals surface area contributed by atoms with Crippen molar-refractivity contribution in [3.05, 3.63) is 41.1 Å². The highest BCUT2D eigenvalue weighted by Crippen LogP contribution is 2.45. The number of aryl methyl sites for hydroxylation is 1. The van der Waals surface area contributed by atoms with Crippen LogP contribution in [0.1, 0.15) is 53.6 Å². The van der Waals surface area contributed by atoms with Crippen LogP contribution < -0.4 is 20.3 Å². The molecule has 2 saturated carbocycles. The first-order valence-corrected chi connectivity index (χ1v) is 12.0. The number of hydrogen-bond donors (Lipinski definition) is 3. The fourth-order valence-corrected chi connectivity index (χ4v) is 5.11. The Kier molecular flexibility index (Phi) is 6.10. The molecule has 3 fully saturated rings. The maximum absolute atomic E-state index is 13.1. The van der Waals surface area contributed by atoms with E-state index in [9.17, 15) is 9.90 Å². The first-order chi connectivity index (χ1) is 16.0. The minimum absolute atomic E-state index is 0.0726. The van der Waals surface area contributed by atoms with Crippen LogP contribution in [0, 0.1) is 18.8 Å². The lowest BCUT2D eigenvalue weighted by Gasteiger charge is -2.26. The number of aromatic nitrogens is 2. The fourth-order valence-electron chi connectivity index (χ4n) is 5.11. The highest BCUT2D eigenvalue weighted by atomic mass is 16.5. The number of ether oxygens (including phenoxy) is 1. The molecule has 1 aliphatic heterocycles. The number of carbonyl (C=O) groups is 1. The van der Waals surface area contributed by atoms with Gasteiger partial charge in [-0.3, -0.25) is 4.79 Å². The van der Waals surface area contributed by atoms with Crippen LogP contribution in [0.15, 0.2) is 24.4 Å². The van der Waals surface area contributed by atoms with Crippen molar-refractivity contribution in [1.29, 1.82) is 0 Å². The van der Waals surface area contributed by atoms with E-state index in [2.05, 4.69) is 26.6 Å². The summed E-state index contributed by atoms with van der Waals surface area (Å²) in [4.78, 5) is 24.7. The van der Waals surface area contributed by atoms with E-state index >= 15 is 0 Å². The Bertz CT molecular complexity index is 1010. The van der Waals surface area contributed by atoms with E-state index in [4.69, 9.17) is 9.72 Å². The van der Waals surface area contributed by atoms with Crippen LogP contribution in [0.25, 0.3) is 0 Å². The monoisotopic (exact) mass is 451 g/mol. The minimum Gasteiger partial charge on any atom is -0.496 e. The van der Waals surface area contributed by atoms with Crippen molar-refractivity contribution in [2.24, 2.45) is 11.8 Å². The van der Waals surface area contributed by atoms with E-state index in [1.54, 1.807) is 13.3 Å². The predicted molar refractivity (Wildman–Crippen MR) is 127 cm³/mol. The molecule has 3 N–H and O–H groups in total.